The van der Waals surface area contributed by atoms with Crippen molar-refractivity contribution in [3.8, 4) is 0 Å². The van der Waals surface area contributed by atoms with Crippen molar-refractivity contribution in [1.82, 2.24) is 0 Å². The highest BCUT2D eigenvalue weighted by Gasteiger charge is 2.88. The van der Waals surface area contributed by atoms with Crippen molar-refractivity contribution in [2.24, 2.45) is 22.4 Å². The minimum atomic E-state index is -2.34. The number of nitrogens with two attached hydrogens (primary N) is 3. The summed E-state index contributed by atoms with van der Waals surface area (Å²) in [4.78, 5) is 29.1. The summed E-state index contributed by atoms with van der Waals surface area (Å²) in [6.07, 6.45) is -1.56. The number of ether oxygens (including phenoxy) is 2. The van der Waals surface area contributed by atoms with Crippen molar-refractivity contribution in [3.05, 3.63) is 0 Å². The van der Waals surface area contributed by atoms with E-state index >= 15 is 0 Å². The summed E-state index contributed by atoms with van der Waals surface area (Å²) in [5.41, 5.74) is 10.1. The van der Waals surface area contributed by atoms with Gasteiger partial charge in [0.15, 0.2) is 0 Å². The summed E-state index contributed by atoms with van der Waals surface area (Å²) in [7, 11) is 0. The van der Waals surface area contributed by atoms with Crippen LogP contribution < -0.4 is 17.2 Å². The Morgan fingerprint density at radius 3 is 1.96 bits per heavy atom. The third-order valence-corrected chi connectivity index (χ3v) is 3.07. The molecule has 0 aliphatic heterocycles. The first-order valence-corrected chi connectivity index (χ1v) is 7.28. The van der Waals surface area contributed by atoms with Crippen LogP contribution in [0.4, 0.5) is 0 Å². The van der Waals surface area contributed by atoms with Gasteiger partial charge in [-0.25, -0.2) is 4.79 Å². The second-order valence-corrected chi connectivity index (χ2v) is 7.58. The molecule has 0 heterocycles. The zero-order valence-electron chi connectivity index (χ0n) is 14.7. The molecule has 0 spiro atoms. The summed E-state index contributed by atoms with van der Waals surface area (Å²) < 4.78 is 11.4. The van der Waals surface area contributed by atoms with Crippen LogP contribution in [0.15, 0.2) is 5.16 Å². The first-order chi connectivity index (χ1) is 10.6. The lowest BCUT2D eigenvalue weighted by Gasteiger charge is -2.35. The van der Waals surface area contributed by atoms with Gasteiger partial charge in [-0.2, -0.15) is 0 Å². The quantitative estimate of drug-likeness (QED) is 0.159. The molecule has 1 aliphatic carbocycles. The fraction of sp³-hybridized carbons (Fsp3) is 0.786. The van der Waals surface area contributed by atoms with Gasteiger partial charge in [-0.3, -0.25) is 4.79 Å². The maximum Gasteiger partial charge on any atom is 0.335 e. The van der Waals surface area contributed by atoms with E-state index in [1.165, 1.54) is 0 Å². The third-order valence-electron chi connectivity index (χ3n) is 3.07. The molecule has 3 unspecified atom stereocenters. The molecule has 0 aromatic carbocycles. The summed E-state index contributed by atoms with van der Waals surface area (Å²) in [5, 5.41) is 12.8. The Labute approximate surface area is 140 Å². The van der Waals surface area contributed by atoms with Crippen LogP contribution in [0.1, 0.15) is 41.5 Å². The lowest BCUT2D eigenvalue weighted by molar-refractivity contribution is -0.274. The average molecular weight is 346 g/mol. The predicted octanol–water partition coefficient (Wildman–Crippen LogP) is -0.749. The molecule has 0 aromatic rings. The Bertz CT molecular complexity index is 561. The highest BCUT2D eigenvalue weighted by Crippen LogP contribution is 2.51. The number of hydrogen-bond donors (Lipinski definition) is 4. The number of oxime groups is 1. The van der Waals surface area contributed by atoms with Crippen LogP contribution in [0.2, 0.25) is 0 Å². The summed E-state index contributed by atoms with van der Waals surface area (Å²) in [6.45, 7) is 9.94. The molecule has 0 bridgehead atoms. The van der Waals surface area contributed by atoms with E-state index in [9.17, 15) is 14.7 Å². The van der Waals surface area contributed by atoms with E-state index in [1.54, 1.807) is 41.5 Å². The molecule has 10 nitrogen and oxygen atoms in total. The van der Waals surface area contributed by atoms with Gasteiger partial charge in [0.2, 0.25) is 22.9 Å². The zero-order chi connectivity index (χ0) is 19.1. The minimum absolute atomic E-state index is 0.436. The van der Waals surface area contributed by atoms with E-state index in [0.29, 0.717) is 0 Å². The van der Waals surface area contributed by atoms with Crippen LogP contribution in [0.5, 0.6) is 0 Å². The van der Waals surface area contributed by atoms with Crippen LogP contribution >= 0.6 is 0 Å². The second-order valence-electron chi connectivity index (χ2n) is 7.58. The van der Waals surface area contributed by atoms with E-state index in [2.05, 4.69) is 5.16 Å². The van der Waals surface area contributed by atoms with Crippen molar-refractivity contribution in [2.75, 3.05) is 0 Å². The molecule has 7 N–H and O–H groups in total. The topological polar surface area (TPSA) is 172 Å². The fourth-order valence-corrected chi connectivity index (χ4v) is 2.21. The lowest BCUT2D eigenvalue weighted by atomic mass is 10.1. The van der Waals surface area contributed by atoms with Gasteiger partial charge < -0.3 is 36.6 Å². The third kappa shape index (κ3) is 3.60. The van der Waals surface area contributed by atoms with Gasteiger partial charge in [-0.15, -0.1) is 0 Å². The van der Waals surface area contributed by atoms with Gasteiger partial charge in [0.25, 0.3) is 6.29 Å². The Balaban J connectivity index is 3.40. The van der Waals surface area contributed by atoms with Crippen molar-refractivity contribution >= 4 is 17.7 Å². The molecular weight excluding hydrogens is 320 g/mol. The Hall–Kier alpha value is -1.91. The summed E-state index contributed by atoms with van der Waals surface area (Å²) in [5.74, 6) is -2.89. The Morgan fingerprint density at radius 1 is 1.17 bits per heavy atom. The zero-order valence-corrected chi connectivity index (χ0v) is 14.7. The molecule has 1 rings (SSSR count). The van der Waals surface area contributed by atoms with E-state index in [-0.39, 0.29) is 0 Å². The number of carboxylic acid groups (broad SMARTS) is 1. The van der Waals surface area contributed by atoms with E-state index in [1.807, 2.05) is 0 Å². The van der Waals surface area contributed by atoms with E-state index in [4.69, 9.17) is 31.5 Å². The normalized spacial score (nSPS) is 28.2. The molecule has 1 saturated carbocycles. The lowest BCUT2D eigenvalue weighted by Crippen LogP contribution is -2.55. The fourth-order valence-electron chi connectivity index (χ4n) is 2.21. The number of ketones is 1. The first kappa shape index (κ1) is 20.1. The first-order valence-electron chi connectivity index (χ1n) is 7.28. The monoisotopic (exact) mass is 346 g/mol. The van der Waals surface area contributed by atoms with Crippen LogP contribution in [-0.4, -0.2) is 51.5 Å². The number of nitrogens with zero attached hydrogens (tertiary/aromatic N) is 1. The van der Waals surface area contributed by atoms with Crippen LogP contribution in [0, 0.1) is 0 Å². The highest BCUT2D eigenvalue weighted by atomic mass is 16.8. The predicted molar refractivity (Wildman–Crippen MR) is 84.7 cm³/mol. The molecule has 10 heteroatoms. The van der Waals surface area contributed by atoms with Gasteiger partial charge in [-0.05, 0) is 46.7 Å². The van der Waals surface area contributed by atoms with E-state index in [0.717, 1.165) is 0 Å². The summed E-state index contributed by atoms with van der Waals surface area (Å²) >= 11 is 0. The number of carbonyl (C=O) groups excluding carboxylic acids is 1. The molecule has 1 aliphatic rings. The van der Waals surface area contributed by atoms with Crippen molar-refractivity contribution < 1.29 is 29.0 Å². The van der Waals surface area contributed by atoms with Gasteiger partial charge in [-0.1, -0.05) is 0 Å². The van der Waals surface area contributed by atoms with Crippen LogP contribution in [-0.2, 0) is 23.9 Å². The number of Topliss-reactive ketones (excluding diaryl/α,β-unsaturated/α-hetero) is 1. The maximum absolute atomic E-state index is 12.5. The van der Waals surface area contributed by atoms with Gasteiger partial charge in [0.1, 0.15) is 0 Å². The number of carboxylic acids is 1. The smallest absolute Gasteiger partial charge is 0.335 e. The molecule has 0 saturated heterocycles. The molecule has 24 heavy (non-hydrogen) atoms. The molecule has 0 amide bonds. The van der Waals surface area contributed by atoms with Gasteiger partial charge in [0, 0.05) is 0 Å². The SMILES string of the molecule is CC(C)(C)OC(ON=C(N)N)C1(OC(C)(C)C)C(=O)C1(N)C(=O)O. The number of guanidine groups is 1. The second kappa shape index (κ2) is 5.87. The Kier molecular flexibility index (Phi) is 4.92. The molecule has 138 valence electrons. The average Bonchev–Trinajstić information content (AvgIpc) is 2.81. The number of carbonyl (C=O) groups is 2. The minimum Gasteiger partial charge on any atom is -0.479 e. The van der Waals surface area contributed by atoms with Gasteiger partial charge in [0.05, 0.1) is 11.2 Å². The standard InChI is InChI=1S/C14H26N4O6/c1-11(2,3)22-9(23-18-10(15)16)14(24-12(4,5)6)7(19)13(14,17)8(20)21/h9H,17H2,1-6H3,(H,20,21)(H4,15,16,18). The number of rotatable bonds is 6. The Morgan fingerprint density at radius 2 is 1.67 bits per heavy atom. The molecule has 1 fully saturated rings. The van der Waals surface area contributed by atoms with E-state index < -0.39 is 46.3 Å². The van der Waals surface area contributed by atoms with Crippen molar-refractivity contribution in [3.63, 3.8) is 0 Å². The molecule has 0 radical (unpaired) electrons. The summed E-state index contributed by atoms with van der Waals surface area (Å²) in [6, 6.07) is 0. The number of hydrogen-bond acceptors (Lipinski definition) is 7. The molecular formula is C14H26N4O6. The maximum atomic E-state index is 12.5. The van der Waals surface area contributed by atoms with Crippen LogP contribution in [0.25, 0.3) is 0 Å². The van der Waals surface area contributed by atoms with Gasteiger partial charge >= 0.3 is 5.97 Å². The highest BCUT2D eigenvalue weighted by molar-refractivity contribution is 6.30. The molecule has 0 aromatic heterocycles. The number of aliphatic carboxylic acids is 1. The van der Waals surface area contributed by atoms with Crippen molar-refractivity contribution in [2.45, 2.75) is 70.2 Å². The van der Waals surface area contributed by atoms with Crippen molar-refractivity contribution in [1.29, 1.82) is 0 Å². The van der Waals surface area contributed by atoms with Crippen LogP contribution in [0.3, 0.4) is 0 Å². The molecule has 3 atom stereocenters. The largest absolute Gasteiger partial charge is 0.479 e.